The normalized spacial score (nSPS) is 20.8. The van der Waals surface area contributed by atoms with E-state index in [4.69, 9.17) is 14.2 Å². The van der Waals surface area contributed by atoms with E-state index in [1.54, 1.807) is 25.2 Å². The number of nitrogens with one attached hydrogen (secondary N) is 3. The maximum Gasteiger partial charge on any atom is 0.268 e. The number of hydrogen-bond acceptors (Lipinski definition) is 8. The Morgan fingerprint density at radius 3 is 2.71 bits per heavy atom. The van der Waals surface area contributed by atoms with Crippen LogP contribution in [0.5, 0.6) is 17.2 Å². The molecule has 4 aliphatic rings. The minimum absolute atomic E-state index is 0.0190. The van der Waals surface area contributed by atoms with E-state index in [-0.39, 0.29) is 46.0 Å². The van der Waals surface area contributed by atoms with Crippen molar-refractivity contribution < 1.29 is 32.2 Å². The van der Waals surface area contributed by atoms with E-state index in [1.807, 2.05) is 0 Å². The maximum atomic E-state index is 14.4. The Balaban J connectivity index is 1.24. The fourth-order valence-corrected chi connectivity index (χ4v) is 4.10. The largest absolute Gasteiger partial charge is 0.480 e. The number of alkyl halides is 2. The zero-order valence-corrected chi connectivity index (χ0v) is 17.5. The van der Waals surface area contributed by atoms with Crippen LogP contribution in [0.15, 0.2) is 30.5 Å². The van der Waals surface area contributed by atoms with Crippen LogP contribution in [-0.2, 0) is 11.2 Å². The molecule has 174 valence electrons. The summed E-state index contributed by atoms with van der Waals surface area (Å²) in [5.74, 6) is -0.469. The Labute approximate surface area is 190 Å². The minimum Gasteiger partial charge on any atom is -0.480 e. The molecule has 3 N–H and O–H groups in total. The number of nitrogens with zero attached hydrogens (tertiary/aromatic N) is 2. The maximum absolute atomic E-state index is 14.4. The van der Waals surface area contributed by atoms with E-state index >= 15 is 0 Å². The number of carbonyl (C=O) groups excluding carboxylic acids is 1. The number of benzene rings is 2. The molecule has 4 aliphatic heterocycles. The van der Waals surface area contributed by atoms with Crippen LogP contribution in [0.4, 0.5) is 36.3 Å². The molecule has 0 radical (unpaired) electrons. The van der Waals surface area contributed by atoms with Gasteiger partial charge in [-0.2, -0.15) is 13.8 Å². The van der Waals surface area contributed by atoms with E-state index < -0.39 is 24.6 Å². The average molecular weight is 471 g/mol. The molecular formula is C22H16F3N5O4. The Kier molecular flexibility index (Phi) is 4.44. The van der Waals surface area contributed by atoms with Crippen LogP contribution >= 0.6 is 0 Å². The first-order valence-electron chi connectivity index (χ1n) is 10.3. The van der Waals surface area contributed by atoms with Gasteiger partial charge in [0.2, 0.25) is 5.95 Å². The van der Waals surface area contributed by atoms with Crippen LogP contribution in [0.1, 0.15) is 29.4 Å². The van der Waals surface area contributed by atoms with Crippen molar-refractivity contribution >= 4 is 29.0 Å². The van der Waals surface area contributed by atoms with Crippen LogP contribution in [-0.4, -0.2) is 29.0 Å². The van der Waals surface area contributed by atoms with Crippen molar-refractivity contribution in [2.24, 2.45) is 0 Å². The molecule has 2 aromatic carbocycles. The van der Waals surface area contributed by atoms with Gasteiger partial charge in [0, 0.05) is 30.3 Å². The van der Waals surface area contributed by atoms with Crippen molar-refractivity contribution in [1.29, 1.82) is 0 Å². The molecule has 0 fully saturated rings. The third-order valence-electron chi connectivity index (χ3n) is 5.75. The van der Waals surface area contributed by atoms with Gasteiger partial charge in [-0.05, 0) is 24.3 Å². The molecule has 12 heteroatoms. The van der Waals surface area contributed by atoms with Crippen LogP contribution in [0, 0.1) is 5.82 Å². The van der Waals surface area contributed by atoms with Crippen molar-refractivity contribution in [2.75, 3.05) is 17.7 Å². The zero-order chi connectivity index (χ0) is 23.6. The van der Waals surface area contributed by atoms with Gasteiger partial charge in [0.25, 0.3) is 18.6 Å². The lowest BCUT2D eigenvalue weighted by Gasteiger charge is -2.36. The first-order chi connectivity index (χ1) is 16.4. The van der Waals surface area contributed by atoms with Crippen LogP contribution in [0.3, 0.4) is 0 Å². The summed E-state index contributed by atoms with van der Waals surface area (Å²) < 4.78 is 57.7. The molecule has 34 heavy (non-hydrogen) atoms. The average Bonchev–Trinajstić information content (AvgIpc) is 3.24. The molecule has 2 bridgehead atoms. The lowest BCUT2D eigenvalue weighted by molar-refractivity contribution is -0.126. The molecule has 3 unspecified atom stereocenters. The lowest BCUT2D eigenvalue weighted by Crippen LogP contribution is -2.34. The van der Waals surface area contributed by atoms with E-state index in [9.17, 15) is 18.0 Å². The first kappa shape index (κ1) is 20.4. The smallest absolute Gasteiger partial charge is 0.268 e. The van der Waals surface area contributed by atoms with Gasteiger partial charge in [0.1, 0.15) is 5.75 Å². The monoisotopic (exact) mass is 471 g/mol. The molecule has 3 atom stereocenters. The van der Waals surface area contributed by atoms with Crippen molar-refractivity contribution in [3.05, 3.63) is 53.0 Å². The zero-order valence-electron chi connectivity index (χ0n) is 17.5. The number of likely N-dealkylation sites (N-methyl/N-ethyl adjacent to an activating group) is 1. The van der Waals surface area contributed by atoms with Crippen LogP contribution < -0.4 is 30.2 Å². The number of amides is 1. The van der Waals surface area contributed by atoms with Gasteiger partial charge < -0.3 is 30.2 Å². The Morgan fingerprint density at radius 1 is 1.09 bits per heavy atom. The van der Waals surface area contributed by atoms with E-state index in [0.717, 1.165) is 11.8 Å². The summed E-state index contributed by atoms with van der Waals surface area (Å²) in [4.78, 5) is 19.9. The van der Waals surface area contributed by atoms with Crippen molar-refractivity contribution in [3.8, 4) is 17.2 Å². The second-order valence-corrected chi connectivity index (χ2v) is 7.84. The van der Waals surface area contributed by atoms with Gasteiger partial charge in [-0.15, -0.1) is 0 Å². The summed E-state index contributed by atoms with van der Waals surface area (Å²) in [6.07, 6.45) is -2.76. The summed E-state index contributed by atoms with van der Waals surface area (Å²) in [6.45, 7) is 0. The molecule has 7 rings (SSSR count). The molecule has 3 aromatic rings. The fourth-order valence-electron chi connectivity index (χ4n) is 4.10. The molecule has 1 amide bonds. The highest BCUT2D eigenvalue weighted by Crippen LogP contribution is 2.58. The summed E-state index contributed by atoms with van der Waals surface area (Å²) in [7, 11) is 1.54. The van der Waals surface area contributed by atoms with E-state index in [1.165, 1.54) is 6.07 Å². The second-order valence-electron chi connectivity index (χ2n) is 7.84. The van der Waals surface area contributed by atoms with E-state index in [0.29, 0.717) is 17.9 Å². The second kappa shape index (κ2) is 7.40. The van der Waals surface area contributed by atoms with Crippen molar-refractivity contribution in [3.63, 3.8) is 0 Å². The van der Waals surface area contributed by atoms with Crippen molar-refractivity contribution in [2.45, 2.75) is 25.2 Å². The van der Waals surface area contributed by atoms with E-state index in [2.05, 4.69) is 25.9 Å². The number of halogens is 3. The van der Waals surface area contributed by atoms with Gasteiger partial charge in [0.05, 0.1) is 17.4 Å². The molecule has 0 saturated carbocycles. The molecular weight excluding hydrogens is 455 g/mol. The summed E-state index contributed by atoms with van der Waals surface area (Å²) in [5, 5.41) is 8.27. The van der Waals surface area contributed by atoms with Gasteiger partial charge >= 0.3 is 0 Å². The first-order valence-corrected chi connectivity index (χ1v) is 10.3. The summed E-state index contributed by atoms with van der Waals surface area (Å²) in [5.41, 5.74) is 1.70. The number of anilines is 4. The third-order valence-corrected chi connectivity index (χ3v) is 5.75. The van der Waals surface area contributed by atoms with Gasteiger partial charge in [0.15, 0.2) is 29.2 Å². The Bertz CT molecular complexity index is 1350. The molecule has 0 aliphatic carbocycles. The summed E-state index contributed by atoms with van der Waals surface area (Å²) in [6, 6.07) is 6.56. The predicted molar refractivity (Wildman–Crippen MR) is 113 cm³/mol. The molecule has 9 nitrogen and oxygen atoms in total. The quantitative estimate of drug-likeness (QED) is 0.515. The van der Waals surface area contributed by atoms with Gasteiger partial charge in [-0.1, -0.05) is 0 Å². The summed E-state index contributed by atoms with van der Waals surface area (Å²) >= 11 is 0. The van der Waals surface area contributed by atoms with Crippen LogP contribution in [0.25, 0.3) is 0 Å². The van der Waals surface area contributed by atoms with Gasteiger partial charge in [-0.25, -0.2) is 9.37 Å². The Hall–Kier alpha value is -4.22. The number of carbonyl (C=O) groups is 1. The fraction of sp³-hybridized carbons (Fsp3) is 0.227. The van der Waals surface area contributed by atoms with Gasteiger partial charge in [-0.3, -0.25) is 4.79 Å². The van der Waals surface area contributed by atoms with Crippen LogP contribution in [0.2, 0.25) is 0 Å². The molecule has 1 aromatic heterocycles. The SMILES string of the molecule is CNC(=O)C1Cc2cc(Nc3ncc(F)c(Nc4cc5c6c(c4OC5F)OC6F)n3)ccc2O1. The highest BCUT2D eigenvalue weighted by Gasteiger charge is 2.44. The lowest BCUT2D eigenvalue weighted by atomic mass is 9.97. The molecule has 0 spiro atoms. The highest BCUT2D eigenvalue weighted by atomic mass is 19.2. The highest BCUT2D eigenvalue weighted by molar-refractivity contribution is 5.82. The Morgan fingerprint density at radius 2 is 1.91 bits per heavy atom. The molecule has 5 heterocycles. The molecule has 0 saturated heterocycles. The third kappa shape index (κ3) is 3.13. The predicted octanol–water partition coefficient (Wildman–Crippen LogP) is 3.87. The number of rotatable bonds is 5. The topological polar surface area (TPSA) is 107 Å². The number of aromatic nitrogens is 2. The van der Waals surface area contributed by atoms with Crippen molar-refractivity contribution in [1.82, 2.24) is 15.3 Å². The number of ether oxygens (including phenoxy) is 3. The minimum atomic E-state index is -1.82. The number of hydrogen-bond donors (Lipinski definition) is 3. The standard InChI is InChI=1S/C22H16F3N5O4/c1-26-21(31)14-5-8-4-9(2-3-13(8)32-14)28-22-27-7-11(23)20(30-22)29-12-6-10-15-17(34-19(15)25)16(12)33-18(10)24/h2-4,6-7,14,18-19H,5H2,1H3,(H,26,31)(H2,27,28,29,30). The number of fused-ring (bicyclic) bond motifs is 3.